The van der Waals surface area contributed by atoms with Gasteiger partial charge in [-0.1, -0.05) is 61.2 Å². The van der Waals surface area contributed by atoms with Crippen molar-refractivity contribution in [3.05, 3.63) is 60.4 Å². The Balaban J connectivity index is 1.57. The van der Waals surface area contributed by atoms with Gasteiger partial charge in [-0.15, -0.1) is 10.2 Å². The van der Waals surface area contributed by atoms with Gasteiger partial charge >= 0.3 is 0 Å². The molecule has 0 saturated heterocycles. The molecule has 0 spiro atoms. The predicted octanol–water partition coefficient (Wildman–Crippen LogP) is 3.78. The number of hydrogen-bond acceptors (Lipinski definition) is 4. The standard InChI is InChI=1S/C19H20N4OS/c1-3-17-21-22-19(23(17)2)25-13-18(24)20-16-11-9-15(10-12-16)14-7-5-4-6-8-14/h4-12H,3,13H2,1-2H3,(H,20,24). The van der Waals surface area contributed by atoms with Gasteiger partial charge in [0.15, 0.2) is 5.16 Å². The molecule has 128 valence electrons. The molecule has 6 heteroatoms. The topological polar surface area (TPSA) is 59.8 Å². The molecule has 0 aliphatic heterocycles. The maximum Gasteiger partial charge on any atom is 0.234 e. The van der Waals surface area contributed by atoms with Crippen LogP contribution in [0.4, 0.5) is 5.69 Å². The largest absolute Gasteiger partial charge is 0.325 e. The summed E-state index contributed by atoms with van der Waals surface area (Å²) in [5, 5.41) is 11.9. The van der Waals surface area contributed by atoms with E-state index < -0.39 is 0 Å². The molecule has 3 rings (SSSR count). The van der Waals surface area contributed by atoms with Crippen LogP contribution in [0.15, 0.2) is 59.8 Å². The first kappa shape index (κ1) is 17.2. The Labute approximate surface area is 151 Å². The van der Waals surface area contributed by atoms with Crippen molar-refractivity contribution in [3.8, 4) is 11.1 Å². The molecule has 0 aliphatic carbocycles. The van der Waals surface area contributed by atoms with Gasteiger partial charge in [0.25, 0.3) is 0 Å². The van der Waals surface area contributed by atoms with Gasteiger partial charge in [-0.2, -0.15) is 0 Å². The zero-order chi connectivity index (χ0) is 17.6. The lowest BCUT2D eigenvalue weighted by atomic mass is 10.1. The number of hydrogen-bond donors (Lipinski definition) is 1. The summed E-state index contributed by atoms with van der Waals surface area (Å²) in [6.45, 7) is 2.03. The van der Waals surface area contributed by atoms with Crippen molar-refractivity contribution in [2.45, 2.75) is 18.5 Å². The molecule has 1 amide bonds. The Hall–Kier alpha value is -2.60. The van der Waals surface area contributed by atoms with Gasteiger partial charge in [0, 0.05) is 19.2 Å². The van der Waals surface area contributed by atoms with Crippen LogP contribution >= 0.6 is 11.8 Å². The highest BCUT2D eigenvalue weighted by Gasteiger charge is 2.10. The fourth-order valence-electron chi connectivity index (χ4n) is 2.48. The van der Waals surface area contributed by atoms with Gasteiger partial charge in [0.2, 0.25) is 5.91 Å². The minimum Gasteiger partial charge on any atom is -0.325 e. The number of nitrogens with one attached hydrogen (secondary N) is 1. The average Bonchev–Trinajstić information content (AvgIpc) is 3.01. The van der Waals surface area contributed by atoms with Gasteiger partial charge < -0.3 is 9.88 Å². The number of carbonyl (C=O) groups is 1. The quantitative estimate of drug-likeness (QED) is 0.686. The number of thioether (sulfide) groups is 1. The predicted molar refractivity (Wildman–Crippen MR) is 102 cm³/mol. The number of anilines is 1. The Morgan fingerprint density at radius 2 is 1.72 bits per heavy atom. The zero-order valence-electron chi connectivity index (χ0n) is 14.3. The van der Waals surface area contributed by atoms with Gasteiger partial charge in [-0.3, -0.25) is 4.79 Å². The molecule has 0 saturated carbocycles. The summed E-state index contributed by atoms with van der Waals surface area (Å²) in [5.74, 6) is 1.16. The molecule has 25 heavy (non-hydrogen) atoms. The van der Waals surface area contributed by atoms with E-state index in [4.69, 9.17) is 0 Å². The number of benzene rings is 2. The van der Waals surface area contributed by atoms with E-state index >= 15 is 0 Å². The van der Waals surface area contributed by atoms with Crippen LogP contribution in [0, 0.1) is 0 Å². The van der Waals surface area contributed by atoms with E-state index in [9.17, 15) is 4.79 Å². The molecule has 0 fully saturated rings. The van der Waals surface area contributed by atoms with E-state index in [2.05, 4.69) is 27.6 Å². The number of aromatic nitrogens is 3. The van der Waals surface area contributed by atoms with Crippen LogP contribution in [-0.4, -0.2) is 26.4 Å². The molecule has 0 radical (unpaired) electrons. The lowest BCUT2D eigenvalue weighted by Crippen LogP contribution is -2.14. The fourth-order valence-corrected chi connectivity index (χ4v) is 3.21. The number of carbonyl (C=O) groups excluding carboxylic acids is 1. The van der Waals surface area contributed by atoms with Gasteiger partial charge in [0.1, 0.15) is 5.82 Å². The molecule has 1 N–H and O–H groups in total. The van der Waals surface area contributed by atoms with Crippen molar-refractivity contribution in [3.63, 3.8) is 0 Å². The number of aryl methyl sites for hydroxylation is 1. The summed E-state index contributed by atoms with van der Waals surface area (Å²) < 4.78 is 1.92. The lowest BCUT2D eigenvalue weighted by Gasteiger charge is -2.07. The third-order valence-electron chi connectivity index (χ3n) is 3.85. The van der Waals surface area contributed by atoms with Crippen molar-refractivity contribution >= 4 is 23.4 Å². The molecule has 0 atom stereocenters. The van der Waals surface area contributed by atoms with E-state index in [1.807, 2.05) is 61.0 Å². The summed E-state index contributed by atoms with van der Waals surface area (Å²) in [6, 6.07) is 18.0. The van der Waals surface area contributed by atoms with Crippen LogP contribution in [0.3, 0.4) is 0 Å². The van der Waals surface area contributed by atoms with E-state index in [1.165, 1.54) is 11.8 Å². The second kappa shape index (κ2) is 7.98. The molecule has 0 aliphatic rings. The van der Waals surface area contributed by atoms with Gasteiger partial charge in [0.05, 0.1) is 5.75 Å². The molecule has 2 aromatic carbocycles. The zero-order valence-corrected chi connectivity index (χ0v) is 15.1. The van der Waals surface area contributed by atoms with E-state index in [0.717, 1.165) is 34.2 Å². The SMILES string of the molecule is CCc1nnc(SCC(=O)Nc2ccc(-c3ccccc3)cc2)n1C. The maximum absolute atomic E-state index is 12.1. The van der Waals surface area contributed by atoms with Crippen LogP contribution < -0.4 is 5.32 Å². The minimum atomic E-state index is -0.0569. The van der Waals surface area contributed by atoms with Crippen LogP contribution in [0.1, 0.15) is 12.7 Å². The van der Waals surface area contributed by atoms with Crippen LogP contribution in [0.5, 0.6) is 0 Å². The summed E-state index contributed by atoms with van der Waals surface area (Å²) >= 11 is 1.39. The average molecular weight is 352 g/mol. The Bertz CT molecular complexity index is 844. The third kappa shape index (κ3) is 4.28. The molecule has 3 aromatic rings. The van der Waals surface area contributed by atoms with Crippen LogP contribution in [0.2, 0.25) is 0 Å². The van der Waals surface area contributed by atoms with Crippen molar-refractivity contribution in [2.75, 3.05) is 11.1 Å². The lowest BCUT2D eigenvalue weighted by molar-refractivity contribution is -0.113. The second-order valence-corrected chi connectivity index (χ2v) is 6.53. The van der Waals surface area contributed by atoms with Crippen molar-refractivity contribution in [1.29, 1.82) is 0 Å². The van der Waals surface area contributed by atoms with Crippen molar-refractivity contribution < 1.29 is 4.79 Å². The first-order valence-corrected chi connectivity index (χ1v) is 9.12. The van der Waals surface area contributed by atoms with Crippen LogP contribution in [0.25, 0.3) is 11.1 Å². The highest BCUT2D eigenvalue weighted by Crippen LogP contribution is 2.21. The molecule has 5 nitrogen and oxygen atoms in total. The third-order valence-corrected chi connectivity index (χ3v) is 4.87. The Morgan fingerprint density at radius 1 is 1.04 bits per heavy atom. The molecule has 0 unspecified atom stereocenters. The second-order valence-electron chi connectivity index (χ2n) is 5.59. The highest BCUT2D eigenvalue weighted by molar-refractivity contribution is 7.99. The van der Waals surface area contributed by atoms with E-state index in [1.54, 1.807) is 0 Å². The monoisotopic (exact) mass is 352 g/mol. The number of rotatable bonds is 6. The molecule has 0 bridgehead atoms. The van der Waals surface area contributed by atoms with Crippen molar-refractivity contribution in [2.24, 2.45) is 7.05 Å². The first-order valence-electron chi connectivity index (χ1n) is 8.13. The molecule has 1 aromatic heterocycles. The fraction of sp³-hybridized carbons (Fsp3) is 0.211. The number of nitrogens with zero attached hydrogens (tertiary/aromatic N) is 3. The summed E-state index contributed by atoms with van der Waals surface area (Å²) in [7, 11) is 1.92. The Morgan fingerprint density at radius 3 is 2.36 bits per heavy atom. The maximum atomic E-state index is 12.1. The molecule has 1 heterocycles. The van der Waals surface area contributed by atoms with Gasteiger partial charge in [-0.25, -0.2) is 0 Å². The van der Waals surface area contributed by atoms with Gasteiger partial charge in [-0.05, 0) is 23.3 Å². The summed E-state index contributed by atoms with van der Waals surface area (Å²) in [4.78, 5) is 12.1. The van der Waals surface area contributed by atoms with Crippen molar-refractivity contribution in [1.82, 2.24) is 14.8 Å². The van der Waals surface area contributed by atoms with E-state index in [0.29, 0.717) is 5.75 Å². The summed E-state index contributed by atoms with van der Waals surface area (Å²) in [5.41, 5.74) is 3.07. The molecular weight excluding hydrogens is 332 g/mol. The van der Waals surface area contributed by atoms with Crippen LogP contribution in [-0.2, 0) is 18.3 Å². The summed E-state index contributed by atoms with van der Waals surface area (Å²) in [6.07, 6.45) is 0.823. The van der Waals surface area contributed by atoms with E-state index in [-0.39, 0.29) is 5.91 Å². The first-order chi connectivity index (χ1) is 12.2. The highest BCUT2D eigenvalue weighted by atomic mass is 32.2. The number of amides is 1. The normalized spacial score (nSPS) is 10.6. The molecular formula is C19H20N4OS. The minimum absolute atomic E-state index is 0.0569. The Kier molecular flexibility index (Phi) is 5.50. The smallest absolute Gasteiger partial charge is 0.234 e.